The molecule has 0 aliphatic heterocycles. The summed E-state index contributed by atoms with van der Waals surface area (Å²) in [6.45, 7) is 4.70. The van der Waals surface area contributed by atoms with Crippen molar-refractivity contribution in [2.24, 2.45) is 0 Å². The van der Waals surface area contributed by atoms with E-state index >= 15 is 0 Å². The molecule has 0 bridgehead atoms. The van der Waals surface area contributed by atoms with Gasteiger partial charge in [-0.1, -0.05) is 135 Å². The van der Waals surface area contributed by atoms with Gasteiger partial charge in [0.2, 0.25) is 0 Å². The van der Waals surface area contributed by atoms with Crippen LogP contribution in [0.25, 0.3) is 44.2 Å². The Kier molecular flexibility index (Phi) is 6.20. The summed E-state index contributed by atoms with van der Waals surface area (Å²) in [6.07, 6.45) is 0. The summed E-state index contributed by atoms with van der Waals surface area (Å²) in [6, 6.07) is 59.7. The molecule has 7 aromatic carbocycles. The van der Waals surface area contributed by atoms with Gasteiger partial charge >= 0.3 is 0 Å². The fourth-order valence-electron chi connectivity index (χ4n) is 6.93. The Morgan fingerprint density at radius 1 is 0.364 bits per heavy atom. The molecule has 1 nitrogen and oxygen atoms in total. The number of nitrogens with zero attached hydrogens (tertiary/aromatic N) is 1. The van der Waals surface area contributed by atoms with E-state index in [0.717, 1.165) is 17.1 Å². The van der Waals surface area contributed by atoms with Crippen molar-refractivity contribution in [2.45, 2.75) is 19.3 Å². The molecular weight excluding hydrogens is 530 g/mol. The second-order valence-corrected chi connectivity index (χ2v) is 12.3. The van der Waals surface area contributed by atoms with Gasteiger partial charge in [-0.2, -0.15) is 0 Å². The van der Waals surface area contributed by atoms with Crippen molar-refractivity contribution < 1.29 is 0 Å². The Labute approximate surface area is 259 Å². The van der Waals surface area contributed by atoms with E-state index in [9.17, 15) is 0 Å². The van der Waals surface area contributed by atoms with Gasteiger partial charge < -0.3 is 4.90 Å². The van der Waals surface area contributed by atoms with Crippen LogP contribution < -0.4 is 4.90 Å². The Morgan fingerprint density at radius 3 is 1.70 bits per heavy atom. The van der Waals surface area contributed by atoms with Crippen molar-refractivity contribution in [3.05, 3.63) is 175 Å². The molecule has 0 fully saturated rings. The van der Waals surface area contributed by atoms with Gasteiger partial charge in [0.25, 0.3) is 0 Å². The molecule has 0 N–H and O–H groups in total. The first-order chi connectivity index (χ1) is 21.6. The highest BCUT2D eigenvalue weighted by Gasteiger charge is 2.35. The van der Waals surface area contributed by atoms with Crippen LogP contribution in [0.3, 0.4) is 0 Å². The molecule has 0 amide bonds. The molecule has 8 rings (SSSR count). The van der Waals surface area contributed by atoms with Gasteiger partial charge in [0.15, 0.2) is 0 Å². The fraction of sp³-hybridized carbons (Fsp3) is 0.0698. The SMILES string of the molecule is CC1(C)c2ccccc2-c2ccc(N(c3cccc(-c4ccccc4)c3)c3cccc(-c4ccc5ccccc5c4)c3)cc21. The average Bonchev–Trinajstić information content (AvgIpc) is 3.31. The minimum atomic E-state index is -0.0769. The van der Waals surface area contributed by atoms with E-state index in [2.05, 4.69) is 183 Å². The fourth-order valence-corrected chi connectivity index (χ4v) is 6.93. The highest BCUT2D eigenvalue weighted by atomic mass is 15.1. The minimum Gasteiger partial charge on any atom is -0.310 e. The summed E-state index contributed by atoms with van der Waals surface area (Å²) < 4.78 is 0. The number of fused-ring (bicyclic) bond motifs is 4. The molecular formula is C43H33N. The monoisotopic (exact) mass is 563 g/mol. The summed E-state index contributed by atoms with van der Waals surface area (Å²) in [7, 11) is 0. The van der Waals surface area contributed by atoms with Crippen LogP contribution in [-0.4, -0.2) is 0 Å². The van der Waals surface area contributed by atoms with E-state index in [-0.39, 0.29) is 5.41 Å². The highest BCUT2D eigenvalue weighted by Crippen LogP contribution is 2.50. The first kappa shape index (κ1) is 26.2. The van der Waals surface area contributed by atoms with Gasteiger partial charge in [0.05, 0.1) is 0 Å². The zero-order chi connectivity index (χ0) is 29.7. The molecule has 210 valence electrons. The maximum absolute atomic E-state index is 2.41. The summed E-state index contributed by atoms with van der Waals surface area (Å²) in [5.74, 6) is 0. The van der Waals surface area contributed by atoms with Crippen molar-refractivity contribution in [1.29, 1.82) is 0 Å². The standard InChI is InChI=1S/C43H33N/c1-43(2)41-21-9-8-20-39(41)40-25-24-38(29-42(40)43)44(36-18-10-16-33(27-36)30-12-4-3-5-13-30)37-19-11-17-34(28-37)35-23-22-31-14-6-7-15-32(31)26-35/h3-29H,1-2H3. The second kappa shape index (κ2) is 10.4. The third kappa shape index (κ3) is 4.41. The number of benzene rings is 7. The van der Waals surface area contributed by atoms with Gasteiger partial charge in [-0.15, -0.1) is 0 Å². The van der Waals surface area contributed by atoms with Crippen LogP contribution >= 0.6 is 0 Å². The molecule has 44 heavy (non-hydrogen) atoms. The highest BCUT2D eigenvalue weighted by molar-refractivity contribution is 5.90. The summed E-state index contributed by atoms with van der Waals surface area (Å²) in [4.78, 5) is 2.41. The van der Waals surface area contributed by atoms with Crippen molar-refractivity contribution in [3.8, 4) is 33.4 Å². The molecule has 1 heteroatoms. The Balaban J connectivity index is 1.30. The van der Waals surface area contributed by atoms with E-state index in [1.807, 2.05) is 0 Å². The lowest BCUT2D eigenvalue weighted by atomic mass is 9.82. The molecule has 1 aliphatic carbocycles. The molecule has 7 aromatic rings. The Hall–Kier alpha value is -5.40. The number of rotatable bonds is 5. The maximum Gasteiger partial charge on any atom is 0.0467 e. The lowest BCUT2D eigenvalue weighted by Gasteiger charge is -2.29. The molecule has 1 aliphatic rings. The van der Waals surface area contributed by atoms with Gasteiger partial charge in [0.1, 0.15) is 0 Å². The smallest absolute Gasteiger partial charge is 0.0467 e. The first-order valence-electron chi connectivity index (χ1n) is 15.4. The predicted molar refractivity (Wildman–Crippen MR) is 187 cm³/mol. The third-order valence-corrected chi connectivity index (χ3v) is 9.22. The zero-order valence-electron chi connectivity index (χ0n) is 25.0. The lowest BCUT2D eigenvalue weighted by Crippen LogP contribution is -2.16. The first-order valence-corrected chi connectivity index (χ1v) is 15.4. The number of hydrogen-bond donors (Lipinski definition) is 0. The normalized spacial score (nSPS) is 13.0. The van der Waals surface area contributed by atoms with Crippen LogP contribution in [-0.2, 0) is 5.41 Å². The third-order valence-electron chi connectivity index (χ3n) is 9.22. The quantitative estimate of drug-likeness (QED) is 0.201. The van der Waals surface area contributed by atoms with Crippen LogP contribution in [0, 0.1) is 0 Å². The van der Waals surface area contributed by atoms with E-state index in [1.54, 1.807) is 0 Å². The largest absolute Gasteiger partial charge is 0.310 e. The Morgan fingerprint density at radius 2 is 0.932 bits per heavy atom. The molecule has 0 saturated carbocycles. The zero-order valence-corrected chi connectivity index (χ0v) is 25.0. The van der Waals surface area contributed by atoms with E-state index in [1.165, 1.54) is 55.3 Å². The summed E-state index contributed by atoms with van der Waals surface area (Å²) >= 11 is 0. The van der Waals surface area contributed by atoms with Crippen LogP contribution in [0.2, 0.25) is 0 Å². The topological polar surface area (TPSA) is 3.24 Å². The van der Waals surface area contributed by atoms with Gasteiger partial charge in [-0.25, -0.2) is 0 Å². The number of hydrogen-bond acceptors (Lipinski definition) is 1. The van der Waals surface area contributed by atoms with Crippen molar-refractivity contribution in [1.82, 2.24) is 0 Å². The van der Waals surface area contributed by atoms with Crippen LogP contribution in [0.4, 0.5) is 17.1 Å². The number of anilines is 3. The summed E-state index contributed by atoms with van der Waals surface area (Å²) in [5.41, 5.74) is 13.6. The molecule has 0 unspecified atom stereocenters. The van der Waals surface area contributed by atoms with E-state index in [0.29, 0.717) is 0 Å². The molecule has 0 spiro atoms. The van der Waals surface area contributed by atoms with Crippen molar-refractivity contribution >= 4 is 27.8 Å². The van der Waals surface area contributed by atoms with Crippen LogP contribution in [0.5, 0.6) is 0 Å². The van der Waals surface area contributed by atoms with Gasteiger partial charge in [-0.3, -0.25) is 0 Å². The molecule has 0 aromatic heterocycles. The molecule has 0 saturated heterocycles. The molecule has 0 heterocycles. The second-order valence-electron chi connectivity index (χ2n) is 12.3. The lowest BCUT2D eigenvalue weighted by molar-refractivity contribution is 0.660. The van der Waals surface area contributed by atoms with Crippen molar-refractivity contribution in [2.75, 3.05) is 4.90 Å². The summed E-state index contributed by atoms with van der Waals surface area (Å²) in [5, 5.41) is 2.51. The maximum atomic E-state index is 2.41. The van der Waals surface area contributed by atoms with Gasteiger partial charge in [0, 0.05) is 22.5 Å². The van der Waals surface area contributed by atoms with Gasteiger partial charge in [-0.05, 0) is 97.7 Å². The predicted octanol–water partition coefficient (Wildman–Crippen LogP) is 11.9. The van der Waals surface area contributed by atoms with E-state index in [4.69, 9.17) is 0 Å². The van der Waals surface area contributed by atoms with E-state index < -0.39 is 0 Å². The van der Waals surface area contributed by atoms with Crippen LogP contribution in [0.15, 0.2) is 164 Å². The van der Waals surface area contributed by atoms with Crippen LogP contribution in [0.1, 0.15) is 25.0 Å². The minimum absolute atomic E-state index is 0.0769. The van der Waals surface area contributed by atoms with Crippen molar-refractivity contribution in [3.63, 3.8) is 0 Å². The molecule has 0 radical (unpaired) electrons. The average molecular weight is 564 g/mol. The molecule has 0 atom stereocenters. The Bertz CT molecular complexity index is 2150.